The van der Waals surface area contributed by atoms with E-state index in [1.165, 1.54) is 6.07 Å². The number of alkyl halides is 3. The van der Waals surface area contributed by atoms with Gasteiger partial charge < -0.3 is 25.6 Å². The summed E-state index contributed by atoms with van der Waals surface area (Å²) in [6.45, 7) is 0.753. The minimum absolute atomic E-state index is 0.0433. The van der Waals surface area contributed by atoms with Crippen molar-refractivity contribution in [1.29, 1.82) is 0 Å². The molecule has 0 saturated carbocycles. The van der Waals surface area contributed by atoms with Crippen molar-refractivity contribution in [2.45, 2.75) is 12.6 Å². The Morgan fingerprint density at radius 1 is 1.35 bits per heavy atom. The van der Waals surface area contributed by atoms with Crippen LogP contribution in [0.5, 0.6) is 5.75 Å². The standard InChI is InChI=1S/C16H16ClN5O5.C2HF3O2/c1-20(2)6-5-9-3-4-10(7-13(9)23)18-15-14-12(22(26)27-19-14)8-11(17)16(15)21(24)25;3-2(4,5)1(6)7/h3-4,7-8,18,23H,5-6H2,1-2H3;(H,6,7). The highest BCUT2D eigenvalue weighted by Gasteiger charge is 2.38. The molecule has 3 rings (SSSR count). The van der Waals surface area contributed by atoms with Crippen LogP contribution in [0, 0.1) is 15.3 Å². The van der Waals surface area contributed by atoms with Crippen LogP contribution < -0.4 is 10.2 Å². The topological polar surface area (TPSA) is 169 Å². The van der Waals surface area contributed by atoms with Gasteiger partial charge in [-0.1, -0.05) is 17.7 Å². The Hall–Kier alpha value is -3.85. The van der Waals surface area contributed by atoms with Gasteiger partial charge >= 0.3 is 17.8 Å². The Balaban J connectivity index is 0.000000509. The van der Waals surface area contributed by atoms with Crippen LogP contribution in [0.25, 0.3) is 11.0 Å². The summed E-state index contributed by atoms with van der Waals surface area (Å²) in [6.07, 6.45) is -4.44. The van der Waals surface area contributed by atoms with E-state index in [1.807, 2.05) is 19.0 Å². The van der Waals surface area contributed by atoms with Crippen molar-refractivity contribution in [2.75, 3.05) is 26.0 Å². The van der Waals surface area contributed by atoms with Crippen LogP contribution in [0.4, 0.5) is 30.2 Å². The van der Waals surface area contributed by atoms with E-state index in [1.54, 1.807) is 12.1 Å². The van der Waals surface area contributed by atoms with E-state index in [0.717, 1.165) is 18.2 Å². The number of nitrogens with zero attached hydrogens (tertiary/aromatic N) is 4. The molecule has 0 atom stereocenters. The number of carbonyl (C=O) groups is 1. The first-order chi connectivity index (χ1) is 15.7. The molecule has 1 aromatic heterocycles. The summed E-state index contributed by atoms with van der Waals surface area (Å²) in [5.41, 5.74) is 0.458. The molecular formula is C18H17ClF3N5O7. The SMILES string of the molecule is CN(C)CCc1ccc(Nc2c([N+](=O)[O-])c(Cl)cc3c2no[n+]3[O-])cc1O.O=C(O)C(F)(F)F. The highest BCUT2D eigenvalue weighted by atomic mass is 35.5. The lowest BCUT2D eigenvalue weighted by Crippen LogP contribution is -2.22. The molecule has 0 saturated heterocycles. The number of nitro benzene ring substituents is 1. The molecule has 0 bridgehead atoms. The van der Waals surface area contributed by atoms with E-state index in [-0.39, 0.29) is 32.4 Å². The average molecular weight is 508 g/mol. The first-order valence-electron chi connectivity index (χ1n) is 9.12. The second kappa shape index (κ2) is 10.4. The van der Waals surface area contributed by atoms with Crippen molar-refractivity contribution in [3.63, 3.8) is 0 Å². The molecule has 34 heavy (non-hydrogen) atoms. The summed E-state index contributed by atoms with van der Waals surface area (Å²) in [6, 6.07) is 5.93. The van der Waals surface area contributed by atoms with Crippen molar-refractivity contribution in [3.8, 4) is 5.75 Å². The lowest BCUT2D eigenvalue weighted by atomic mass is 10.1. The van der Waals surface area contributed by atoms with Gasteiger partial charge in [-0.3, -0.25) is 14.7 Å². The Labute approximate surface area is 193 Å². The molecule has 3 aromatic rings. The third-order valence-corrected chi connectivity index (χ3v) is 4.51. The van der Waals surface area contributed by atoms with Crippen LogP contribution in [0.2, 0.25) is 5.02 Å². The molecule has 2 aromatic carbocycles. The fourth-order valence-electron chi connectivity index (χ4n) is 2.61. The number of anilines is 2. The highest BCUT2D eigenvalue weighted by Crippen LogP contribution is 2.40. The number of phenols is 1. The molecule has 0 fully saturated rings. The first kappa shape index (κ1) is 26.4. The van der Waals surface area contributed by atoms with E-state index in [2.05, 4.69) is 15.1 Å². The predicted molar refractivity (Wildman–Crippen MR) is 112 cm³/mol. The lowest BCUT2D eigenvalue weighted by Gasteiger charge is -2.12. The second-order valence-electron chi connectivity index (χ2n) is 6.96. The molecule has 16 heteroatoms. The van der Waals surface area contributed by atoms with E-state index < -0.39 is 22.8 Å². The number of aromatic hydroxyl groups is 1. The Morgan fingerprint density at radius 3 is 2.47 bits per heavy atom. The number of benzene rings is 2. The minimum Gasteiger partial charge on any atom is -0.508 e. The van der Waals surface area contributed by atoms with Gasteiger partial charge in [-0.15, -0.1) is 0 Å². The molecule has 1 heterocycles. The molecular weight excluding hydrogens is 491 g/mol. The Morgan fingerprint density at radius 2 is 1.97 bits per heavy atom. The lowest BCUT2D eigenvalue weighted by molar-refractivity contribution is -0.782. The quantitative estimate of drug-likeness (QED) is 0.256. The summed E-state index contributed by atoms with van der Waals surface area (Å²) in [5.74, 6) is -2.71. The number of phenolic OH excluding ortho intramolecular Hbond substituents is 1. The number of halogens is 4. The molecule has 0 spiro atoms. The van der Waals surface area contributed by atoms with Crippen LogP contribution in [0.1, 0.15) is 5.56 Å². The summed E-state index contributed by atoms with van der Waals surface area (Å²) in [4.78, 5) is 21.7. The predicted octanol–water partition coefficient (Wildman–Crippen LogP) is 3.21. The van der Waals surface area contributed by atoms with Gasteiger partial charge in [0.15, 0.2) is 5.69 Å². The Kier molecular flexibility index (Phi) is 8.07. The number of rotatable bonds is 6. The maximum Gasteiger partial charge on any atom is 0.490 e. The smallest absolute Gasteiger partial charge is 0.490 e. The number of likely N-dealkylation sites (N-methyl/N-ethyl adjacent to an activating group) is 1. The molecule has 0 unspecified atom stereocenters. The molecule has 3 N–H and O–H groups in total. The van der Waals surface area contributed by atoms with Gasteiger partial charge in [0.25, 0.3) is 5.52 Å². The van der Waals surface area contributed by atoms with Crippen molar-refractivity contribution < 1.29 is 42.6 Å². The number of nitro groups is 1. The second-order valence-corrected chi connectivity index (χ2v) is 7.37. The van der Waals surface area contributed by atoms with E-state index in [0.29, 0.717) is 12.1 Å². The number of aliphatic carboxylic acids is 1. The van der Waals surface area contributed by atoms with Crippen LogP contribution in [-0.4, -0.2) is 58.0 Å². The summed E-state index contributed by atoms with van der Waals surface area (Å²) in [5, 5.41) is 46.6. The third-order valence-electron chi connectivity index (χ3n) is 4.22. The zero-order valence-electron chi connectivity index (χ0n) is 17.5. The van der Waals surface area contributed by atoms with E-state index >= 15 is 0 Å². The van der Waals surface area contributed by atoms with Gasteiger partial charge in [-0.25, -0.2) is 4.79 Å². The number of hydrogen-bond acceptors (Lipinski definition) is 9. The highest BCUT2D eigenvalue weighted by molar-refractivity contribution is 6.34. The zero-order valence-corrected chi connectivity index (χ0v) is 18.2. The monoisotopic (exact) mass is 507 g/mol. The summed E-state index contributed by atoms with van der Waals surface area (Å²) >= 11 is 5.97. The number of nitrogens with one attached hydrogen (secondary N) is 1. The number of carboxylic acid groups (broad SMARTS) is 1. The molecule has 0 amide bonds. The largest absolute Gasteiger partial charge is 0.508 e. The van der Waals surface area contributed by atoms with Gasteiger partial charge in [-0.05, 0) is 37.0 Å². The summed E-state index contributed by atoms with van der Waals surface area (Å²) < 4.78 is 36.3. The average Bonchev–Trinajstić information content (AvgIpc) is 3.07. The maximum atomic E-state index is 11.6. The normalized spacial score (nSPS) is 11.3. The maximum absolute atomic E-state index is 11.6. The molecule has 12 nitrogen and oxygen atoms in total. The number of carboxylic acids is 1. The van der Waals surface area contributed by atoms with Gasteiger partial charge in [0.05, 0.1) is 4.92 Å². The van der Waals surface area contributed by atoms with Gasteiger partial charge in [0, 0.05) is 29.5 Å². The molecule has 0 aliphatic heterocycles. The fourth-order valence-corrected chi connectivity index (χ4v) is 2.88. The number of aromatic nitrogens is 2. The molecule has 0 aliphatic rings. The van der Waals surface area contributed by atoms with Gasteiger partial charge in [0.1, 0.15) is 10.8 Å². The molecule has 0 radical (unpaired) electrons. The van der Waals surface area contributed by atoms with Gasteiger partial charge in [-0.2, -0.15) is 13.2 Å². The minimum atomic E-state index is -5.08. The Bertz CT molecular complexity index is 1220. The third kappa shape index (κ3) is 6.35. The molecule has 184 valence electrons. The van der Waals surface area contributed by atoms with Gasteiger partial charge in [0.2, 0.25) is 5.52 Å². The van der Waals surface area contributed by atoms with Crippen LogP contribution in [0.3, 0.4) is 0 Å². The first-order valence-corrected chi connectivity index (χ1v) is 9.50. The van der Waals surface area contributed by atoms with Crippen molar-refractivity contribution in [1.82, 2.24) is 10.1 Å². The van der Waals surface area contributed by atoms with Crippen molar-refractivity contribution in [3.05, 3.63) is 50.2 Å². The molecule has 0 aliphatic carbocycles. The van der Waals surface area contributed by atoms with E-state index in [4.69, 9.17) is 21.5 Å². The summed E-state index contributed by atoms with van der Waals surface area (Å²) in [7, 11) is 3.85. The van der Waals surface area contributed by atoms with Crippen LogP contribution in [-0.2, 0) is 11.2 Å². The fraction of sp³-hybridized carbons (Fsp3) is 0.278. The number of hydrogen-bond donors (Lipinski definition) is 3. The van der Waals surface area contributed by atoms with Crippen LogP contribution >= 0.6 is 11.6 Å². The van der Waals surface area contributed by atoms with Crippen molar-refractivity contribution in [2.24, 2.45) is 0 Å². The zero-order chi connectivity index (χ0) is 25.8. The number of fused-ring (bicyclic) bond motifs is 1. The van der Waals surface area contributed by atoms with Crippen LogP contribution in [0.15, 0.2) is 28.9 Å². The van der Waals surface area contributed by atoms with E-state index in [9.17, 15) is 33.6 Å². The van der Waals surface area contributed by atoms with Crippen molar-refractivity contribution >= 4 is 45.7 Å².